The van der Waals surface area contributed by atoms with E-state index in [4.69, 9.17) is 9.72 Å². The lowest BCUT2D eigenvalue weighted by molar-refractivity contribution is 0.105. The van der Waals surface area contributed by atoms with Gasteiger partial charge in [0.05, 0.1) is 23.0 Å². The van der Waals surface area contributed by atoms with E-state index in [1.54, 1.807) is 26.6 Å². The minimum Gasteiger partial charge on any atom is -0.494 e. The average Bonchev–Trinajstić information content (AvgIpc) is 3.85. The van der Waals surface area contributed by atoms with Crippen LogP contribution < -0.4 is 25.6 Å². The van der Waals surface area contributed by atoms with Gasteiger partial charge >= 0.3 is 0 Å². The number of nitrogens with zero attached hydrogens (tertiary/aromatic N) is 7. The summed E-state index contributed by atoms with van der Waals surface area (Å²) in [6.45, 7) is 13.6. The van der Waals surface area contributed by atoms with Crippen LogP contribution in [0.4, 0.5) is 28.8 Å². The zero-order valence-corrected chi connectivity index (χ0v) is 33.6. The van der Waals surface area contributed by atoms with Crippen molar-refractivity contribution >= 4 is 57.2 Å². The Morgan fingerprint density at radius 1 is 1.06 bits per heavy atom. The van der Waals surface area contributed by atoms with Gasteiger partial charge < -0.3 is 34.3 Å². The molecule has 1 aliphatic heterocycles. The van der Waals surface area contributed by atoms with Crippen molar-refractivity contribution in [3.63, 3.8) is 0 Å². The fourth-order valence-corrected chi connectivity index (χ4v) is 8.43. The molecule has 2 aromatic heterocycles. The Balaban J connectivity index is 1.20. The van der Waals surface area contributed by atoms with Crippen molar-refractivity contribution in [1.29, 1.82) is 0 Å². The van der Waals surface area contributed by atoms with Crippen molar-refractivity contribution in [2.45, 2.75) is 58.0 Å². The number of imidazole rings is 1. The van der Waals surface area contributed by atoms with E-state index in [2.05, 4.69) is 95.9 Å². The van der Waals surface area contributed by atoms with Crippen LogP contribution in [0.15, 0.2) is 53.4 Å². The lowest BCUT2D eigenvalue weighted by atomic mass is 10.0. The molecule has 2 N–H and O–H groups in total. The van der Waals surface area contributed by atoms with Gasteiger partial charge in [0, 0.05) is 93.1 Å². The van der Waals surface area contributed by atoms with Crippen molar-refractivity contribution < 1.29 is 9.30 Å². The molecule has 0 spiro atoms. The number of benzene rings is 2. The van der Waals surface area contributed by atoms with E-state index in [0.29, 0.717) is 28.3 Å². The van der Waals surface area contributed by atoms with Crippen LogP contribution in [0.1, 0.15) is 51.1 Å². The Morgan fingerprint density at radius 3 is 2.49 bits per heavy atom. The number of methoxy groups -OCH3 is 1. The molecule has 0 radical (unpaired) electrons. The molecule has 0 amide bonds. The van der Waals surface area contributed by atoms with Crippen LogP contribution in [0, 0.1) is 0 Å². The molecule has 1 saturated carbocycles. The topological polar surface area (TPSA) is 104 Å². The number of ether oxygens (including phenoxy) is 1. The zero-order valence-electron chi connectivity index (χ0n) is 31.1. The summed E-state index contributed by atoms with van der Waals surface area (Å²) in [5, 5.41) is 7.60. The number of anilines is 5. The smallest absolute Gasteiger partial charge is 0.229 e. The predicted octanol–water partition coefficient (Wildman–Crippen LogP) is 7.60. The normalized spacial score (nSPS) is 16.2. The van der Waals surface area contributed by atoms with E-state index in [0.717, 1.165) is 98.6 Å². The number of likely N-dealkylation sites (N-methyl/N-ethyl adjacent to an activating group) is 1. The van der Waals surface area contributed by atoms with Gasteiger partial charge in [-0.3, -0.25) is 4.90 Å². The lowest BCUT2D eigenvalue weighted by Crippen LogP contribution is -2.49. The minimum atomic E-state index is -2.68. The molecular formula is C38H53BrN9O2P. The first-order chi connectivity index (χ1) is 24.5. The molecule has 0 bridgehead atoms. The molecule has 3 heterocycles. The van der Waals surface area contributed by atoms with E-state index in [1.165, 1.54) is 11.3 Å². The molecule has 1 atom stereocenters. The van der Waals surface area contributed by atoms with Crippen molar-refractivity contribution in [2.24, 2.45) is 0 Å². The molecule has 6 rings (SSSR count). The second kappa shape index (κ2) is 16.1. The summed E-state index contributed by atoms with van der Waals surface area (Å²) in [6.07, 6.45) is 11.1. The first kappa shape index (κ1) is 37.3. The lowest BCUT2D eigenvalue weighted by Gasteiger charge is -2.38. The van der Waals surface area contributed by atoms with Crippen LogP contribution >= 0.6 is 23.1 Å². The highest BCUT2D eigenvalue weighted by Gasteiger charge is 2.27. The van der Waals surface area contributed by atoms with Gasteiger partial charge in [-0.1, -0.05) is 13.8 Å². The van der Waals surface area contributed by atoms with E-state index >= 15 is 0 Å². The van der Waals surface area contributed by atoms with Gasteiger partial charge in [-0.25, -0.2) is 9.97 Å². The van der Waals surface area contributed by atoms with Crippen molar-refractivity contribution in [3.8, 4) is 17.1 Å². The third-order valence-corrected chi connectivity index (χ3v) is 12.3. The fourth-order valence-electron chi connectivity index (χ4n) is 6.98. The van der Waals surface area contributed by atoms with Crippen LogP contribution in [0.3, 0.4) is 0 Å². The number of hydrogen-bond acceptors (Lipinski definition) is 10. The van der Waals surface area contributed by atoms with Gasteiger partial charge in [0.2, 0.25) is 5.95 Å². The third-order valence-electron chi connectivity index (χ3n) is 10.2. The summed E-state index contributed by atoms with van der Waals surface area (Å²) in [5.41, 5.74) is 4.88. The van der Waals surface area contributed by atoms with E-state index in [1.807, 2.05) is 30.6 Å². The first-order valence-electron chi connectivity index (χ1n) is 18.1. The molecule has 1 aliphatic carbocycles. The van der Waals surface area contributed by atoms with Gasteiger partial charge in [0.1, 0.15) is 24.5 Å². The molecule has 13 heteroatoms. The second-order valence-electron chi connectivity index (χ2n) is 14.3. The number of aryl methyl sites for hydroxylation is 1. The van der Waals surface area contributed by atoms with Crippen molar-refractivity contribution in [1.82, 2.24) is 29.3 Å². The number of halogens is 1. The zero-order chi connectivity index (χ0) is 36.3. The Morgan fingerprint density at radius 2 is 1.82 bits per heavy atom. The van der Waals surface area contributed by atoms with Crippen LogP contribution in [0.5, 0.6) is 5.75 Å². The van der Waals surface area contributed by atoms with Gasteiger partial charge in [0.25, 0.3) is 0 Å². The molecule has 11 nitrogen and oxygen atoms in total. The summed E-state index contributed by atoms with van der Waals surface area (Å²) in [6, 6.07) is 11.4. The number of nitrogens with one attached hydrogen (secondary N) is 2. The van der Waals surface area contributed by atoms with E-state index in [9.17, 15) is 4.57 Å². The molecule has 1 saturated heterocycles. The Bertz CT molecular complexity index is 1870. The van der Waals surface area contributed by atoms with Gasteiger partial charge in [-0.05, 0) is 98.2 Å². The van der Waals surface area contributed by atoms with Crippen LogP contribution in [0.2, 0.25) is 0 Å². The summed E-state index contributed by atoms with van der Waals surface area (Å²) < 4.78 is 22.4. The van der Waals surface area contributed by atoms with Gasteiger partial charge in [0.15, 0.2) is 0 Å². The highest BCUT2D eigenvalue weighted by Crippen LogP contribution is 2.42. The maximum absolute atomic E-state index is 13.6. The molecule has 1 unspecified atom stereocenters. The van der Waals surface area contributed by atoms with Crippen molar-refractivity contribution in [3.05, 3.63) is 59.0 Å². The number of piperazine rings is 1. The Hall–Kier alpha value is -3.44. The third kappa shape index (κ3) is 8.79. The minimum absolute atomic E-state index is 0.418. The number of rotatable bonds is 15. The van der Waals surface area contributed by atoms with Gasteiger partial charge in [-0.2, -0.15) is 4.98 Å². The maximum atomic E-state index is 13.6. The molecule has 2 fully saturated rings. The molecule has 2 aromatic carbocycles. The SMILES string of the molecule is CCc1cc(Nc2ncc(Br)c(Nc3ccc(-c4nccn4C4CC4)cc3P(C)(C)=O)n2)c(OC)cc1N(C)CCC(CC)N1CCN(C)CC1. The summed E-state index contributed by atoms with van der Waals surface area (Å²) in [7, 11) is 3.41. The van der Waals surface area contributed by atoms with Gasteiger partial charge in [-0.15, -0.1) is 0 Å². The quantitative estimate of drug-likeness (QED) is 0.117. The monoisotopic (exact) mass is 777 g/mol. The highest BCUT2D eigenvalue weighted by molar-refractivity contribution is 9.10. The summed E-state index contributed by atoms with van der Waals surface area (Å²) in [4.78, 5) is 21.5. The average molecular weight is 779 g/mol. The standard InChI is InChI=1S/C38H53BrN9O2P/c1-8-26-22-32(34(50-5)24-33(26)46(4)16-14-28(9-2)47-20-18-45(3)19-21-47)43-38-41-25-30(39)36(44-38)42-31-13-10-27(23-35(31)51(6,7)49)37-40-15-17-48(37)29-11-12-29/h10,13,15,17,22-25,28-29H,8-9,11-12,14,16,18-21H2,1-7H3,(H2,41,42,43,44). The predicted molar refractivity (Wildman–Crippen MR) is 215 cm³/mol. The molecule has 51 heavy (non-hydrogen) atoms. The number of hydrogen-bond donors (Lipinski definition) is 2. The van der Waals surface area contributed by atoms with Crippen LogP contribution in [0.25, 0.3) is 11.4 Å². The largest absolute Gasteiger partial charge is 0.494 e. The first-order valence-corrected chi connectivity index (χ1v) is 21.5. The molecule has 4 aromatic rings. The number of aromatic nitrogens is 4. The highest BCUT2D eigenvalue weighted by atomic mass is 79.9. The fraction of sp³-hybridized carbons (Fsp3) is 0.500. The molecule has 274 valence electrons. The maximum Gasteiger partial charge on any atom is 0.229 e. The molecule has 2 aliphatic rings. The molecular weight excluding hydrogens is 725 g/mol. The van der Waals surface area contributed by atoms with Crippen molar-refractivity contribution in [2.75, 3.05) is 82.8 Å². The summed E-state index contributed by atoms with van der Waals surface area (Å²) in [5.74, 6) is 2.61. The van der Waals surface area contributed by atoms with E-state index in [-0.39, 0.29) is 0 Å². The second-order valence-corrected chi connectivity index (χ2v) is 18.3. The Labute approximate surface area is 311 Å². The van der Waals surface area contributed by atoms with Crippen LogP contribution in [-0.4, -0.2) is 103 Å². The summed E-state index contributed by atoms with van der Waals surface area (Å²) >= 11 is 3.63. The Kier molecular flexibility index (Phi) is 11.8. The van der Waals surface area contributed by atoms with Crippen LogP contribution in [-0.2, 0) is 11.0 Å². The van der Waals surface area contributed by atoms with E-state index < -0.39 is 7.14 Å².